The van der Waals surface area contributed by atoms with E-state index < -0.39 is 0 Å². The Morgan fingerprint density at radius 2 is 2.19 bits per heavy atom. The standard InChI is InChI=1S/C9H10N4OS2/c1-5-10-11-7(14-5)4-15-9-13-12-8(16-9)6-2-3-6/h6H,2-4H2,1H3. The minimum atomic E-state index is 0.603. The van der Waals surface area contributed by atoms with Gasteiger partial charge in [-0.05, 0) is 12.8 Å². The molecule has 84 valence electrons. The number of aromatic nitrogens is 4. The molecule has 0 unspecified atom stereocenters. The van der Waals surface area contributed by atoms with Crippen LogP contribution in [0.25, 0.3) is 0 Å². The fraction of sp³-hybridized carbons (Fsp3) is 0.556. The molecule has 0 atom stereocenters. The van der Waals surface area contributed by atoms with Crippen LogP contribution in [0.2, 0.25) is 0 Å². The van der Waals surface area contributed by atoms with Crippen molar-refractivity contribution in [2.24, 2.45) is 0 Å². The smallest absolute Gasteiger partial charge is 0.226 e. The predicted molar refractivity (Wildman–Crippen MR) is 60.5 cm³/mol. The van der Waals surface area contributed by atoms with Crippen molar-refractivity contribution in [3.8, 4) is 0 Å². The number of rotatable bonds is 4. The Kier molecular flexibility index (Phi) is 2.64. The van der Waals surface area contributed by atoms with Crippen molar-refractivity contribution in [3.05, 3.63) is 16.8 Å². The molecule has 2 aromatic rings. The highest BCUT2D eigenvalue weighted by molar-refractivity contribution is 8.00. The largest absolute Gasteiger partial charge is 0.425 e. The van der Waals surface area contributed by atoms with Crippen LogP contribution in [-0.4, -0.2) is 20.4 Å². The van der Waals surface area contributed by atoms with E-state index in [1.165, 1.54) is 17.8 Å². The third-order valence-corrected chi connectivity index (χ3v) is 4.44. The van der Waals surface area contributed by atoms with E-state index in [2.05, 4.69) is 20.4 Å². The van der Waals surface area contributed by atoms with Crippen molar-refractivity contribution in [1.29, 1.82) is 0 Å². The van der Waals surface area contributed by atoms with E-state index >= 15 is 0 Å². The van der Waals surface area contributed by atoms with E-state index in [0.29, 0.717) is 23.5 Å². The molecular weight excluding hydrogens is 244 g/mol. The quantitative estimate of drug-likeness (QED) is 0.781. The highest BCUT2D eigenvalue weighted by Gasteiger charge is 2.27. The maximum atomic E-state index is 5.29. The van der Waals surface area contributed by atoms with Crippen LogP contribution in [0.15, 0.2) is 8.76 Å². The van der Waals surface area contributed by atoms with Crippen molar-refractivity contribution >= 4 is 23.1 Å². The number of hydrogen-bond donors (Lipinski definition) is 0. The van der Waals surface area contributed by atoms with Gasteiger partial charge < -0.3 is 4.42 Å². The first-order valence-corrected chi connectivity index (χ1v) is 6.86. The van der Waals surface area contributed by atoms with Crippen LogP contribution in [0.5, 0.6) is 0 Å². The molecule has 0 aliphatic heterocycles. The Hall–Kier alpha value is -0.950. The highest BCUT2D eigenvalue weighted by atomic mass is 32.2. The highest BCUT2D eigenvalue weighted by Crippen LogP contribution is 2.42. The van der Waals surface area contributed by atoms with Gasteiger partial charge in [-0.2, -0.15) is 0 Å². The number of hydrogen-bond acceptors (Lipinski definition) is 7. The predicted octanol–water partition coefficient (Wildman–Crippen LogP) is 2.40. The molecule has 7 heteroatoms. The summed E-state index contributed by atoms with van der Waals surface area (Å²) in [5, 5.41) is 17.2. The molecule has 2 aromatic heterocycles. The maximum absolute atomic E-state index is 5.29. The Labute approximate surface area is 101 Å². The third-order valence-electron chi connectivity index (χ3n) is 2.24. The van der Waals surface area contributed by atoms with Crippen LogP contribution in [0, 0.1) is 6.92 Å². The van der Waals surface area contributed by atoms with E-state index in [-0.39, 0.29) is 0 Å². The van der Waals surface area contributed by atoms with Gasteiger partial charge in [-0.3, -0.25) is 0 Å². The lowest BCUT2D eigenvalue weighted by atomic mass is 10.5. The number of nitrogens with zero attached hydrogens (tertiary/aromatic N) is 4. The Bertz CT molecular complexity index is 491. The minimum absolute atomic E-state index is 0.603. The van der Waals surface area contributed by atoms with Crippen LogP contribution in [0.1, 0.15) is 35.5 Å². The molecule has 0 amide bonds. The number of thioether (sulfide) groups is 1. The summed E-state index contributed by atoms with van der Waals surface area (Å²) in [6.45, 7) is 1.79. The Morgan fingerprint density at radius 3 is 2.88 bits per heavy atom. The first kappa shape index (κ1) is 10.2. The molecule has 16 heavy (non-hydrogen) atoms. The Morgan fingerprint density at radius 1 is 1.31 bits per heavy atom. The van der Waals surface area contributed by atoms with Gasteiger partial charge in [0.2, 0.25) is 11.8 Å². The fourth-order valence-corrected chi connectivity index (χ4v) is 3.17. The maximum Gasteiger partial charge on any atom is 0.226 e. The molecule has 1 saturated carbocycles. The molecule has 1 aliphatic carbocycles. The molecule has 2 heterocycles. The zero-order valence-corrected chi connectivity index (χ0v) is 10.3. The van der Waals surface area contributed by atoms with Crippen molar-refractivity contribution in [3.63, 3.8) is 0 Å². The lowest BCUT2D eigenvalue weighted by Gasteiger charge is -1.89. The van der Waals surface area contributed by atoms with Gasteiger partial charge in [-0.25, -0.2) is 0 Å². The van der Waals surface area contributed by atoms with Gasteiger partial charge in [-0.15, -0.1) is 20.4 Å². The van der Waals surface area contributed by atoms with Crippen molar-refractivity contribution < 1.29 is 4.42 Å². The van der Waals surface area contributed by atoms with Crippen LogP contribution in [-0.2, 0) is 5.75 Å². The molecule has 3 rings (SSSR count). The Balaban J connectivity index is 1.61. The summed E-state index contributed by atoms with van der Waals surface area (Å²) in [6.07, 6.45) is 2.53. The lowest BCUT2D eigenvalue weighted by Crippen LogP contribution is -1.80. The van der Waals surface area contributed by atoms with Gasteiger partial charge in [0.1, 0.15) is 5.01 Å². The summed E-state index contributed by atoms with van der Waals surface area (Å²) in [5.74, 6) is 2.59. The molecule has 0 radical (unpaired) electrons. The fourth-order valence-electron chi connectivity index (χ4n) is 1.29. The van der Waals surface area contributed by atoms with Crippen LogP contribution >= 0.6 is 23.1 Å². The third kappa shape index (κ3) is 2.25. The zero-order valence-electron chi connectivity index (χ0n) is 8.71. The summed E-state index contributed by atoms with van der Waals surface area (Å²) in [5.41, 5.74) is 0. The molecule has 0 N–H and O–H groups in total. The molecule has 0 bridgehead atoms. The molecule has 1 fully saturated rings. The molecule has 0 spiro atoms. The second kappa shape index (κ2) is 4.14. The molecule has 0 aromatic carbocycles. The molecule has 0 saturated heterocycles. The SMILES string of the molecule is Cc1nnc(CSc2nnc(C3CC3)s2)o1. The average Bonchev–Trinajstić information content (AvgIpc) is 2.87. The summed E-state index contributed by atoms with van der Waals surface area (Å²) >= 11 is 3.28. The monoisotopic (exact) mass is 254 g/mol. The van der Waals surface area contributed by atoms with E-state index in [1.807, 2.05) is 0 Å². The molecule has 1 aliphatic rings. The van der Waals surface area contributed by atoms with Crippen LogP contribution < -0.4 is 0 Å². The van der Waals surface area contributed by atoms with E-state index in [9.17, 15) is 0 Å². The second-order valence-electron chi connectivity index (χ2n) is 3.68. The average molecular weight is 254 g/mol. The van der Waals surface area contributed by atoms with Gasteiger partial charge >= 0.3 is 0 Å². The van der Waals surface area contributed by atoms with Gasteiger partial charge in [-0.1, -0.05) is 23.1 Å². The summed E-state index contributed by atoms with van der Waals surface area (Å²) in [4.78, 5) is 0. The van der Waals surface area contributed by atoms with Gasteiger partial charge in [0.25, 0.3) is 0 Å². The molecular formula is C9H10N4OS2. The first-order chi connectivity index (χ1) is 7.81. The summed E-state index contributed by atoms with van der Waals surface area (Å²) in [6, 6.07) is 0. The van der Waals surface area contributed by atoms with Gasteiger partial charge in [0, 0.05) is 12.8 Å². The van der Waals surface area contributed by atoms with Crippen molar-refractivity contribution in [2.45, 2.75) is 35.8 Å². The molecule has 5 nitrogen and oxygen atoms in total. The van der Waals surface area contributed by atoms with Crippen molar-refractivity contribution in [2.75, 3.05) is 0 Å². The topological polar surface area (TPSA) is 64.7 Å². The van der Waals surface area contributed by atoms with Crippen LogP contribution in [0.4, 0.5) is 0 Å². The normalized spacial score (nSPS) is 15.6. The minimum Gasteiger partial charge on any atom is -0.425 e. The summed E-state index contributed by atoms with van der Waals surface area (Å²) < 4.78 is 6.27. The number of aryl methyl sites for hydroxylation is 1. The lowest BCUT2D eigenvalue weighted by molar-refractivity contribution is 0.485. The van der Waals surface area contributed by atoms with Crippen LogP contribution in [0.3, 0.4) is 0 Å². The second-order valence-corrected chi connectivity index (χ2v) is 5.92. The summed E-state index contributed by atoms with van der Waals surface area (Å²) in [7, 11) is 0. The van der Waals surface area contributed by atoms with Crippen molar-refractivity contribution in [1.82, 2.24) is 20.4 Å². The van der Waals surface area contributed by atoms with E-state index in [1.54, 1.807) is 30.0 Å². The zero-order chi connectivity index (χ0) is 11.0. The van der Waals surface area contributed by atoms with E-state index in [4.69, 9.17) is 4.42 Å². The van der Waals surface area contributed by atoms with Gasteiger partial charge in [0.15, 0.2) is 4.34 Å². The van der Waals surface area contributed by atoms with E-state index in [0.717, 1.165) is 4.34 Å². The first-order valence-electron chi connectivity index (χ1n) is 5.06. The van der Waals surface area contributed by atoms with Gasteiger partial charge in [0.05, 0.1) is 5.75 Å².